The van der Waals surface area contributed by atoms with E-state index in [1.807, 2.05) is 62.4 Å². The fourth-order valence-electron chi connectivity index (χ4n) is 3.47. The Morgan fingerprint density at radius 3 is 2.71 bits per heavy atom. The van der Waals surface area contributed by atoms with Gasteiger partial charge in [0.05, 0.1) is 23.2 Å². The van der Waals surface area contributed by atoms with Gasteiger partial charge >= 0.3 is 0 Å². The van der Waals surface area contributed by atoms with Crippen molar-refractivity contribution >= 4 is 34.3 Å². The molecule has 2 N–H and O–H groups in total. The number of aromatic nitrogens is 2. The summed E-state index contributed by atoms with van der Waals surface area (Å²) in [5, 5.41) is 12.5. The minimum Gasteiger partial charge on any atom is -0.490 e. The average Bonchev–Trinajstić information content (AvgIpc) is 3.26. The van der Waals surface area contributed by atoms with Crippen molar-refractivity contribution in [2.45, 2.75) is 13.8 Å². The largest absolute Gasteiger partial charge is 0.490 e. The normalized spacial score (nSPS) is 11.1. The van der Waals surface area contributed by atoms with Gasteiger partial charge in [0, 0.05) is 5.69 Å². The third-order valence-electron chi connectivity index (χ3n) is 5.00. The highest BCUT2D eigenvalue weighted by molar-refractivity contribution is 5.92. The minimum absolute atomic E-state index is 0.161. The van der Waals surface area contributed by atoms with Crippen LogP contribution >= 0.6 is 0 Å². The van der Waals surface area contributed by atoms with Crippen molar-refractivity contribution in [1.29, 1.82) is 5.26 Å². The van der Waals surface area contributed by atoms with Crippen molar-refractivity contribution in [3.05, 3.63) is 83.7 Å². The number of allylic oxidation sites excluding steroid dienone is 1. The van der Waals surface area contributed by atoms with E-state index in [1.165, 1.54) is 0 Å². The molecule has 34 heavy (non-hydrogen) atoms. The SMILES string of the molecule is CCOc1cc(/C=C(\C#N)c2nc3ccccc3[nH]2)ccc1OCC(=O)Nc1cccc(C)c1. The summed E-state index contributed by atoms with van der Waals surface area (Å²) in [4.78, 5) is 20.0. The number of aromatic amines is 1. The van der Waals surface area contributed by atoms with Crippen LogP contribution in [0, 0.1) is 18.3 Å². The summed E-state index contributed by atoms with van der Waals surface area (Å²) in [6, 6.07) is 22.7. The van der Waals surface area contributed by atoms with Gasteiger partial charge in [-0.05, 0) is 67.4 Å². The van der Waals surface area contributed by atoms with E-state index in [4.69, 9.17) is 9.47 Å². The number of carbonyl (C=O) groups is 1. The minimum atomic E-state index is -0.270. The summed E-state index contributed by atoms with van der Waals surface area (Å²) in [6.07, 6.45) is 1.73. The number of fused-ring (bicyclic) bond motifs is 1. The van der Waals surface area contributed by atoms with Crippen LogP contribution in [0.1, 0.15) is 23.9 Å². The molecular weight excluding hydrogens is 428 g/mol. The molecule has 7 nitrogen and oxygen atoms in total. The lowest BCUT2D eigenvalue weighted by Crippen LogP contribution is -2.20. The summed E-state index contributed by atoms with van der Waals surface area (Å²) in [5.41, 5.74) is 4.57. The molecule has 0 fully saturated rings. The fraction of sp³-hybridized carbons (Fsp3) is 0.148. The zero-order valence-corrected chi connectivity index (χ0v) is 19.0. The van der Waals surface area contributed by atoms with Crippen molar-refractivity contribution in [2.75, 3.05) is 18.5 Å². The van der Waals surface area contributed by atoms with Crippen LogP contribution in [0.2, 0.25) is 0 Å². The Labute approximate surface area is 197 Å². The molecule has 7 heteroatoms. The molecule has 4 aromatic rings. The zero-order chi connectivity index (χ0) is 23.9. The van der Waals surface area contributed by atoms with Crippen LogP contribution in [0.5, 0.6) is 11.5 Å². The number of H-pyrrole nitrogens is 1. The summed E-state index contributed by atoms with van der Waals surface area (Å²) < 4.78 is 11.4. The number of amides is 1. The van der Waals surface area contributed by atoms with E-state index in [9.17, 15) is 10.1 Å². The number of nitriles is 1. The number of anilines is 1. The van der Waals surface area contributed by atoms with E-state index >= 15 is 0 Å². The van der Waals surface area contributed by atoms with Gasteiger partial charge in [0.2, 0.25) is 0 Å². The number of ether oxygens (including phenoxy) is 2. The lowest BCUT2D eigenvalue weighted by Gasteiger charge is -2.13. The third kappa shape index (κ3) is 5.43. The van der Waals surface area contributed by atoms with Crippen molar-refractivity contribution in [2.24, 2.45) is 0 Å². The van der Waals surface area contributed by atoms with Crippen molar-refractivity contribution in [1.82, 2.24) is 9.97 Å². The van der Waals surface area contributed by atoms with Crippen molar-refractivity contribution in [3.8, 4) is 17.6 Å². The van der Waals surface area contributed by atoms with Crippen LogP contribution in [-0.4, -0.2) is 29.1 Å². The molecule has 0 saturated heterocycles. The van der Waals surface area contributed by atoms with Gasteiger partial charge in [0.25, 0.3) is 5.91 Å². The van der Waals surface area contributed by atoms with Gasteiger partial charge in [-0.2, -0.15) is 5.26 Å². The maximum atomic E-state index is 12.3. The molecule has 0 aliphatic carbocycles. The maximum absolute atomic E-state index is 12.3. The molecule has 0 radical (unpaired) electrons. The van der Waals surface area contributed by atoms with Crippen LogP contribution in [0.25, 0.3) is 22.7 Å². The molecule has 0 aliphatic rings. The number of nitrogens with one attached hydrogen (secondary N) is 2. The molecule has 0 spiro atoms. The van der Waals surface area contributed by atoms with E-state index in [0.29, 0.717) is 35.2 Å². The highest BCUT2D eigenvalue weighted by Crippen LogP contribution is 2.30. The van der Waals surface area contributed by atoms with Gasteiger partial charge in [0.1, 0.15) is 11.9 Å². The van der Waals surface area contributed by atoms with Crippen LogP contribution in [0.3, 0.4) is 0 Å². The Hall–Kier alpha value is -4.57. The van der Waals surface area contributed by atoms with Crippen molar-refractivity contribution < 1.29 is 14.3 Å². The van der Waals surface area contributed by atoms with Gasteiger partial charge in [-0.1, -0.05) is 30.3 Å². The topological polar surface area (TPSA) is 100 Å². The first-order valence-corrected chi connectivity index (χ1v) is 10.9. The lowest BCUT2D eigenvalue weighted by molar-refractivity contribution is -0.118. The summed E-state index contributed by atoms with van der Waals surface area (Å²) in [7, 11) is 0. The first kappa shape index (κ1) is 22.6. The molecule has 0 aliphatic heterocycles. The van der Waals surface area contributed by atoms with E-state index < -0.39 is 0 Å². The quantitative estimate of drug-likeness (QED) is 0.351. The number of imidazole rings is 1. The third-order valence-corrected chi connectivity index (χ3v) is 5.00. The number of rotatable bonds is 8. The Kier molecular flexibility index (Phi) is 6.89. The summed E-state index contributed by atoms with van der Waals surface area (Å²) in [6.45, 7) is 4.09. The van der Waals surface area contributed by atoms with E-state index in [-0.39, 0.29) is 12.5 Å². The molecule has 1 heterocycles. The Morgan fingerprint density at radius 1 is 1.09 bits per heavy atom. The predicted octanol–water partition coefficient (Wildman–Crippen LogP) is 5.35. The average molecular weight is 453 g/mol. The number of nitrogens with zero attached hydrogens (tertiary/aromatic N) is 2. The van der Waals surface area contributed by atoms with Gasteiger partial charge < -0.3 is 19.8 Å². The van der Waals surface area contributed by atoms with Gasteiger partial charge in [-0.25, -0.2) is 4.98 Å². The molecule has 4 rings (SSSR count). The second-order valence-corrected chi connectivity index (χ2v) is 7.62. The standard InChI is InChI=1S/C27H24N4O3/c1-3-33-25-15-19(14-20(16-28)27-30-22-9-4-5-10-23(22)31-27)11-12-24(25)34-17-26(32)29-21-8-6-7-18(2)13-21/h4-15H,3,17H2,1-2H3,(H,29,32)(H,30,31)/b20-14+. The van der Waals surface area contributed by atoms with Gasteiger partial charge in [-0.15, -0.1) is 0 Å². The number of para-hydroxylation sites is 2. The highest BCUT2D eigenvalue weighted by Gasteiger charge is 2.12. The second-order valence-electron chi connectivity index (χ2n) is 7.62. The van der Waals surface area contributed by atoms with E-state index in [0.717, 1.165) is 22.2 Å². The van der Waals surface area contributed by atoms with Crippen LogP contribution < -0.4 is 14.8 Å². The molecule has 0 atom stereocenters. The molecule has 1 amide bonds. The molecular formula is C27H24N4O3. The zero-order valence-electron chi connectivity index (χ0n) is 19.0. The molecule has 0 saturated carbocycles. The summed E-state index contributed by atoms with van der Waals surface area (Å²) in [5.74, 6) is 1.16. The van der Waals surface area contributed by atoms with Gasteiger partial charge in [-0.3, -0.25) is 4.79 Å². The van der Waals surface area contributed by atoms with Crippen LogP contribution in [-0.2, 0) is 4.79 Å². The number of benzene rings is 3. The fourth-order valence-corrected chi connectivity index (χ4v) is 3.47. The first-order chi connectivity index (χ1) is 16.6. The number of hydrogen-bond donors (Lipinski definition) is 2. The highest BCUT2D eigenvalue weighted by atomic mass is 16.5. The summed E-state index contributed by atoms with van der Waals surface area (Å²) >= 11 is 0. The molecule has 3 aromatic carbocycles. The maximum Gasteiger partial charge on any atom is 0.262 e. The Balaban J connectivity index is 1.51. The Morgan fingerprint density at radius 2 is 1.94 bits per heavy atom. The predicted molar refractivity (Wildman–Crippen MR) is 132 cm³/mol. The van der Waals surface area contributed by atoms with Crippen LogP contribution in [0.4, 0.5) is 5.69 Å². The lowest BCUT2D eigenvalue weighted by atomic mass is 10.1. The van der Waals surface area contributed by atoms with Crippen LogP contribution in [0.15, 0.2) is 66.7 Å². The Bertz CT molecular complexity index is 1370. The molecule has 1 aromatic heterocycles. The number of carbonyl (C=O) groups excluding carboxylic acids is 1. The number of hydrogen-bond acceptors (Lipinski definition) is 5. The van der Waals surface area contributed by atoms with Crippen molar-refractivity contribution in [3.63, 3.8) is 0 Å². The smallest absolute Gasteiger partial charge is 0.262 e. The molecule has 170 valence electrons. The second kappa shape index (κ2) is 10.4. The molecule has 0 bridgehead atoms. The first-order valence-electron chi connectivity index (χ1n) is 10.9. The van der Waals surface area contributed by atoms with Gasteiger partial charge in [0.15, 0.2) is 18.1 Å². The molecule has 0 unspecified atom stereocenters. The van der Waals surface area contributed by atoms with E-state index in [1.54, 1.807) is 24.3 Å². The number of aryl methyl sites for hydroxylation is 1. The van der Waals surface area contributed by atoms with E-state index in [2.05, 4.69) is 21.4 Å². The monoisotopic (exact) mass is 452 g/mol.